The molecular formula is C28H30N2O6. The van der Waals surface area contributed by atoms with Crippen molar-refractivity contribution >= 4 is 11.7 Å². The number of carbonyl (C=O) groups is 1. The van der Waals surface area contributed by atoms with Gasteiger partial charge in [0.25, 0.3) is 5.79 Å². The molecule has 0 amide bonds. The number of aromatic nitrogens is 1. The van der Waals surface area contributed by atoms with Gasteiger partial charge in [-0.1, -0.05) is 53.7 Å². The van der Waals surface area contributed by atoms with Crippen molar-refractivity contribution in [2.24, 2.45) is 11.1 Å². The second-order valence-electron chi connectivity index (χ2n) is 8.48. The predicted octanol–water partition coefficient (Wildman–Crippen LogP) is 4.02. The minimum atomic E-state index is -1.32. The van der Waals surface area contributed by atoms with Crippen molar-refractivity contribution in [3.8, 4) is 5.75 Å². The first kappa shape index (κ1) is 25.3. The highest BCUT2D eigenvalue weighted by molar-refractivity contribution is 6.11. The van der Waals surface area contributed by atoms with Crippen LogP contribution in [-0.4, -0.2) is 56.0 Å². The number of nitrogens with zero attached hydrogens (tertiary/aromatic N) is 2. The first-order valence-electron chi connectivity index (χ1n) is 11.8. The molecule has 1 aliphatic heterocycles. The Hall–Kier alpha value is -3.75. The van der Waals surface area contributed by atoms with Gasteiger partial charge in [0.1, 0.15) is 18.1 Å². The molecule has 0 saturated carbocycles. The first-order chi connectivity index (χ1) is 17.6. The highest BCUT2D eigenvalue weighted by Crippen LogP contribution is 2.25. The highest BCUT2D eigenvalue weighted by Gasteiger charge is 2.41. The fourth-order valence-corrected chi connectivity index (χ4v) is 3.77. The fraction of sp³-hybridized carbons (Fsp3) is 0.321. The van der Waals surface area contributed by atoms with Crippen LogP contribution in [-0.2, 0) is 30.3 Å². The molecule has 0 aliphatic carbocycles. The lowest BCUT2D eigenvalue weighted by molar-refractivity contribution is -0.272. The van der Waals surface area contributed by atoms with Crippen molar-refractivity contribution in [1.29, 1.82) is 0 Å². The number of carbonyl (C=O) groups excluding carboxylic acids is 1. The highest BCUT2D eigenvalue weighted by atomic mass is 16.7. The summed E-state index contributed by atoms with van der Waals surface area (Å²) in [7, 11) is 1.32. The molecule has 36 heavy (non-hydrogen) atoms. The maximum Gasteiger partial charge on any atom is 0.366 e. The molecule has 188 valence electrons. The topological polar surface area (TPSA) is 88.5 Å². The smallest absolute Gasteiger partial charge is 0.366 e. The van der Waals surface area contributed by atoms with E-state index in [0.717, 1.165) is 29.0 Å². The van der Waals surface area contributed by atoms with E-state index in [2.05, 4.69) is 10.1 Å². The second-order valence-corrected chi connectivity index (χ2v) is 8.48. The molecule has 0 N–H and O–H groups in total. The van der Waals surface area contributed by atoms with Gasteiger partial charge in [0.05, 0.1) is 26.0 Å². The molecule has 0 spiro atoms. The SMILES string of the molecule is COC(=O)[C@]1(C)OC[C@H](Cc2ccc(OCCO/N=C(\c3ccccc3)c3ccccn3)cc2)CO1. The molecule has 8 heteroatoms. The van der Waals surface area contributed by atoms with Crippen LogP contribution < -0.4 is 4.74 Å². The Bertz CT molecular complexity index is 1090. The van der Waals surface area contributed by atoms with Crippen LogP contribution in [0.1, 0.15) is 23.7 Å². The molecule has 8 nitrogen and oxygen atoms in total. The number of ether oxygens (including phenoxy) is 4. The van der Waals surface area contributed by atoms with Crippen molar-refractivity contribution in [3.63, 3.8) is 0 Å². The Morgan fingerprint density at radius 3 is 2.39 bits per heavy atom. The third-order valence-corrected chi connectivity index (χ3v) is 5.75. The lowest BCUT2D eigenvalue weighted by atomic mass is 9.99. The standard InChI is InChI=1S/C28H30N2O6/c1-28(27(31)32-2)34-19-22(20-35-28)18-21-11-13-24(14-12-21)33-16-17-36-30-26(23-8-4-3-5-9-23)25-10-6-7-15-29-25/h3-15,22H,16-20H2,1-2H3/b30-26+/t22-,28+. The van der Waals surface area contributed by atoms with E-state index in [4.69, 9.17) is 23.8 Å². The maximum atomic E-state index is 11.8. The summed E-state index contributed by atoms with van der Waals surface area (Å²) in [6, 6.07) is 23.3. The Morgan fingerprint density at radius 2 is 1.72 bits per heavy atom. The third kappa shape index (κ3) is 6.68. The monoisotopic (exact) mass is 490 g/mol. The van der Waals surface area contributed by atoms with Gasteiger partial charge in [-0.3, -0.25) is 4.98 Å². The van der Waals surface area contributed by atoms with E-state index in [9.17, 15) is 4.79 Å². The number of hydrogen-bond donors (Lipinski definition) is 0. The summed E-state index contributed by atoms with van der Waals surface area (Å²) in [5, 5.41) is 4.32. The van der Waals surface area contributed by atoms with Gasteiger partial charge in [0.15, 0.2) is 6.61 Å². The number of hydrogen-bond acceptors (Lipinski definition) is 8. The van der Waals surface area contributed by atoms with E-state index in [1.165, 1.54) is 7.11 Å². The van der Waals surface area contributed by atoms with Crippen LogP contribution in [0.15, 0.2) is 84.1 Å². The number of rotatable bonds is 10. The van der Waals surface area contributed by atoms with Crippen LogP contribution in [0.2, 0.25) is 0 Å². The number of oxime groups is 1. The maximum absolute atomic E-state index is 11.8. The van der Waals surface area contributed by atoms with Crippen LogP contribution in [0, 0.1) is 5.92 Å². The molecule has 0 radical (unpaired) electrons. The summed E-state index contributed by atoms with van der Waals surface area (Å²) in [4.78, 5) is 21.7. The van der Waals surface area contributed by atoms with Crippen molar-refractivity contribution < 1.29 is 28.6 Å². The lowest BCUT2D eigenvalue weighted by Crippen LogP contribution is -2.48. The molecule has 1 aromatic heterocycles. The summed E-state index contributed by atoms with van der Waals surface area (Å²) in [5.74, 6) is -0.952. The van der Waals surface area contributed by atoms with Gasteiger partial charge < -0.3 is 23.8 Å². The molecule has 2 aromatic carbocycles. The zero-order valence-electron chi connectivity index (χ0n) is 20.5. The van der Waals surface area contributed by atoms with Gasteiger partial charge in [-0.15, -0.1) is 0 Å². The Balaban J connectivity index is 1.24. The Morgan fingerprint density at radius 1 is 1.00 bits per heavy atom. The van der Waals surface area contributed by atoms with E-state index < -0.39 is 11.8 Å². The van der Waals surface area contributed by atoms with Gasteiger partial charge in [0, 0.05) is 24.6 Å². The summed E-state index contributed by atoms with van der Waals surface area (Å²) in [6.07, 6.45) is 2.50. The number of benzene rings is 2. The molecule has 1 fully saturated rings. The molecule has 4 rings (SSSR count). The van der Waals surface area contributed by atoms with E-state index >= 15 is 0 Å². The quantitative estimate of drug-likeness (QED) is 0.184. The summed E-state index contributed by atoms with van der Waals surface area (Å²) in [6.45, 7) is 3.07. The average Bonchev–Trinajstić information content (AvgIpc) is 2.93. The van der Waals surface area contributed by atoms with Crippen molar-refractivity contribution in [1.82, 2.24) is 4.98 Å². The van der Waals surface area contributed by atoms with E-state index in [1.807, 2.05) is 72.8 Å². The first-order valence-corrected chi connectivity index (χ1v) is 11.8. The van der Waals surface area contributed by atoms with Crippen LogP contribution in [0.5, 0.6) is 5.75 Å². The summed E-state index contributed by atoms with van der Waals surface area (Å²) < 4.78 is 21.8. The zero-order valence-corrected chi connectivity index (χ0v) is 20.5. The van der Waals surface area contributed by atoms with Gasteiger partial charge in [-0.05, 0) is 36.2 Å². The van der Waals surface area contributed by atoms with Crippen molar-refractivity contribution in [3.05, 3.63) is 95.8 Å². The third-order valence-electron chi connectivity index (χ3n) is 5.75. The molecule has 0 atom stereocenters. The molecular weight excluding hydrogens is 460 g/mol. The summed E-state index contributed by atoms with van der Waals surface area (Å²) in [5.41, 5.74) is 3.47. The van der Waals surface area contributed by atoms with Crippen LogP contribution in [0.4, 0.5) is 0 Å². The zero-order chi connectivity index (χ0) is 25.2. The molecule has 2 heterocycles. The Labute approximate surface area is 210 Å². The average molecular weight is 491 g/mol. The minimum Gasteiger partial charge on any atom is -0.490 e. The number of pyridine rings is 1. The number of esters is 1. The molecule has 3 aromatic rings. The second kappa shape index (κ2) is 12.3. The fourth-order valence-electron chi connectivity index (χ4n) is 3.77. The predicted molar refractivity (Wildman–Crippen MR) is 134 cm³/mol. The van der Waals surface area contributed by atoms with Gasteiger partial charge in [-0.2, -0.15) is 0 Å². The van der Waals surface area contributed by atoms with Gasteiger partial charge >= 0.3 is 5.97 Å². The number of methoxy groups -OCH3 is 1. The van der Waals surface area contributed by atoms with E-state index in [1.54, 1.807) is 13.1 Å². The van der Waals surface area contributed by atoms with Crippen molar-refractivity contribution in [2.45, 2.75) is 19.1 Å². The van der Waals surface area contributed by atoms with E-state index in [0.29, 0.717) is 32.1 Å². The minimum absolute atomic E-state index is 0.152. The van der Waals surface area contributed by atoms with E-state index in [-0.39, 0.29) is 5.92 Å². The van der Waals surface area contributed by atoms with Gasteiger partial charge in [-0.25, -0.2) is 4.79 Å². The molecule has 0 unspecified atom stereocenters. The van der Waals surface area contributed by atoms with Gasteiger partial charge in [0.2, 0.25) is 0 Å². The molecule has 1 aliphatic rings. The van der Waals surface area contributed by atoms with Crippen molar-refractivity contribution in [2.75, 3.05) is 33.5 Å². The molecule has 1 saturated heterocycles. The largest absolute Gasteiger partial charge is 0.490 e. The van der Waals surface area contributed by atoms with Crippen LogP contribution >= 0.6 is 0 Å². The normalized spacial score (nSPS) is 19.9. The summed E-state index contributed by atoms with van der Waals surface area (Å²) >= 11 is 0. The lowest BCUT2D eigenvalue weighted by Gasteiger charge is -2.35. The molecule has 0 bridgehead atoms. The Kier molecular flexibility index (Phi) is 8.65. The van der Waals surface area contributed by atoms with Crippen LogP contribution in [0.25, 0.3) is 0 Å². The van der Waals surface area contributed by atoms with Crippen LogP contribution in [0.3, 0.4) is 0 Å².